The van der Waals surface area contributed by atoms with Crippen LogP contribution in [-0.2, 0) is 0 Å². The average molecular weight is 238 g/mol. The van der Waals surface area contributed by atoms with E-state index in [1.807, 2.05) is 0 Å². The maximum atomic E-state index is 8.25. The monoisotopic (exact) mass is 237 g/mol. The van der Waals surface area contributed by atoms with Gasteiger partial charge >= 0.3 is 0 Å². The molecule has 0 aromatic heterocycles. The molecular weight excluding hydrogens is 238 g/mol. The SMILES string of the molecule is O=[N+]([O-])[O-].[Ce].[Cl-]. The van der Waals surface area contributed by atoms with Crippen molar-refractivity contribution in [3.05, 3.63) is 15.3 Å². The van der Waals surface area contributed by atoms with E-state index in [1.165, 1.54) is 0 Å². The Kier molecular flexibility index (Phi) is 24.5. The molecule has 0 rings (SSSR count). The van der Waals surface area contributed by atoms with Crippen LogP contribution in [0.4, 0.5) is 0 Å². The minimum atomic E-state index is -1.75. The second kappa shape index (κ2) is 9.29. The zero-order chi connectivity index (χ0) is 3.58. The van der Waals surface area contributed by atoms with E-state index in [-0.39, 0.29) is 54.2 Å². The summed E-state index contributed by atoms with van der Waals surface area (Å²) >= 11 is 0. The first kappa shape index (κ1) is 15.8. The molecule has 0 saturated heterocycles. The Hall–Kier alpha value is 0.867. The van der Waals surface area contributed by atoms with Crippen molar-refractivity contribution in [3.8, 4) is 0 Å². The molecule has 0 amide bonds. The van der Waals surface area contributed by atoms with Gasteiger partial charge < -0.3 is 27.7 Å². The Morgan fingerprint density at radius 3 is 1.33 bits per heavy atom. The van der Waals surface area contributed by atoms with Gasteiger partial charge in [0.1, 0.15) is 0 Å². The van der Waals surface area contributed by atoms with Crippen molar-refractivity contribution in [3.63, 3.8) is 0 Å². The van der Waals surface area contributed by atoms with Gasteiger partial charge in [0.25, 0.3) is 0 Å². The van der Waals surface area contributed by atoms with E-state index < -0.39 is 5.09 Å². The van der Waals surface area contributed by atoms with E-state index in [9.17, 15) is 0 Å². The maximum Gasteiger partial charge on any atom is 0.0689 e. The predicted octanol–water partition coefficient (Wildman–Crippen LogP) is -3.24. The van der Waals surface area contributed by atoms with Gasteiger partial charge in [0.05, 0.1) is 5.09 Å². The minimum absolute atomic E-state index is 0. The van der Waals surface area contributed by atoms with Crippen LogP contribution >= 0.6 is 0 Å². The fourth-order valence-corrected chi connectivity index (χ4v) is 0. The molecule has 0 aliphatic heterocycles. The molecule has 0 bridgehead atoms. The summed E-state index contributed by atoms with van der Waals surface area (Å²) in [6.45, 7) is 0. The molecule has 6 heteroatoms. The third-order valence-electron chi connectivity index (χ3n) is 0. The van der Waals surface area contributed by atoms with Crippen molar-refractivity contribution in [2.24, 2.45) is 0 Å². The summed E-state index contributed by atoms with van der Waals surface area (Å²) in [7, 11) is 0. The van der Waals surface area contributed by atoms with Crippen LogP contribution in [0.2, 0.25) is 0 Å². The van der Waals surface area contributed by atoms with Gasteiger partial charge in [-0.1, -0.05) is 0 Å². The van der Waals surface area contributed by atoms with Gasteiger partial charge in [0.2, 0.25) is 0 Å². The first-order valence-electron chi connectivity index (χ1n) is 0.548. The molecule has 0 heterocycles. The summed E-state index contributed by atoms with van der Waals surface area (Å²) < 4.78 is 0. The summed E-state index contributed by atoms with van der Waals surface area (Å²) in [5.74, 6) is 0. The third kappa shape index (κ3) is 96.9. The van der Waals surface area contributed by atoms with E-state index in [4.69, 9.17) is 15.3 Å². The second-order valence-corrected chi connectivity index (χ2v) is 0.224. The van der Waals surface area contributed by atoms with Crippen LogP contribution in [0, 0.1) is 57.1 Å². The second-order valence-electron chi connectivity index (χ2n) is 0.224. The number of halogens is 1. The smallest absolute Gasteiger partial charge is 0.0689 e. The molecular formula is CeClNO3-2. The van der Waals surface area contributed by atoms with E-state index >= 15 is 0 Å². The molecule has 0 N–H and O–H groups in total. The average Bonchev–Trinajstić information content (AvgIpc) is 0.811. The van der Waals surface area contributed by atoms with Crippen LogP contribution in [0.1, 0.15) is 0 Å². The summed E-state index contributed by atoms with van der Waals surface area (Å²) in [6, 6.07) is 0. The molecule has 6 heavy (non-hydrogen) atoms. The molecule has 0 saturated carbocycles. The Bertz CT molecular complexity index is 33.8. The van der Waals surface area contributed by atoms with Crippen LogP contribution in [-0.4, -0.2) is 5.09 Å². The van der Waals surface area contributed by atoms with E-state index in [1.54, 1.807) is 0 Å². The minimum Gasteiger partial charge on any atom is -1.00 e. The Morgan fingerprint density at radius 1 is 1.33 bits per heavy atom. The fraction of sp³-hybridized carbons (Fsp3) is 0. The zero-order valence-corrected chi connectivity index (χ0v) is 6.45. The van der Waals surface area contributed by atoms with Crippen LogP contribution in [0.25, 0.3) is 0 Å². The predicted molar refractivity (Wildman–Crippen MR) is 10.4 cm³/mol. The van der Waals surface area contributed by atoms with Crippen molar-refractivity contribution in [2.75, 3.05) is 0 Å². The number of nitrogens with zero attached hydrogens (tertiary/aromatic N) is 1. The summed E-state index contributed by atoms with van der Waals surface area (Å²) in [6.07, 6.45) is 0. The fourth-order valence-electron chi connectivity index (χ4n) is 0. The molecule has 0 radical (unpaired) electrons. The third-order valence-corrected chi connectivity index (χ3v) is 0. The molecule has 36 valence electrons. The topological polar surface area (TPSA) is 66.2 Å². The number of hydrogen-bond donors (Lipinski definition) is 0. The van der Waals surface area contributed by atoms with Crippen LogP contribution in [0.15, 0.2) is 0 Å². The van der Waals surface area contributed by atoms with Gasteiger partial charge in [-0.25, -0.2) is 0 Å². The Balaban J connectivity index is -0.0000000450. The molecule has 0 aromatic rings. The van der Waals surface area contributed by atoms with Crippen LogP contribution in [0.5, 0.6) is 0 Å². The quantitative estimate of drug-likeness (QED) is 0.329. The molecule has 0 unspecified atom stereocenters. The van der Waals surface area contributed by atoms with E-state index in [2.05, 4.69) is 0 Å². The Labute approximate surface area is 73.8 Å². The van der Waals surface area contributed by atoms with Crippen LogP contribution < -0.4 is 12.4 Å². The van der Waals surface area contributed by atoms with Crippen molar-refractivity contribution in [1.82, 2.24) is 0 Å². The van der Waals surface area contributed by atoms with Crippen molar-refractivity contribution in [2.45, 2.75) is 0 Å². The molecule has 0 aromatic carbocycles. The van der Waals surface area contributed by atoms with Gasteiger partial charge in [0, 0.05) is 41.7 Å². The first-order valence-corrected chi connectivity index (χ1v) is 0.548. The van der Waals surface area contributed by atoms with Crippen molar-refractivity contribution in [1.29, 1.82) is 0 Å². The van der Waals surface area contributed by atoms with Crippen molar-refractivity contribution < 1.29 is 59.2 Å². The molecule has 0 spiro atoms. The molecule has 0 atom stereocenters. The summed E-state index contributed by atoms with van der Waals surface area (Å²) in [5, 5.41) is 14.8. The van der Waals surface area contributed by atoms with Gasteiger partial charge in [-0.2, -0.15) is 0 Å². The van der Waals surface area contributed by atoms with Crippen LogP contribution in [0.3, 0.4) is 0 Å². The van der Waals surface area contributed by atoms with Crippen molar-refractivity contribution >= 4 is 0 Å². The summed E-state index contributed by atoms with van der Waals surface area (Å²) in [4.78, 5) is 8.25. The Morgan fingerprint density at radius 2 is 1.33 bits per heavy atom. The number of rotatable bonds is 0. The van der Waals surface area contributed by atoms with Gasteiger partial charge in [0.15, 0.2) is 0 Å². The molecule has 0 aliphatic rings. The molecule has 4 nitrogen and oxygen atoms in total. The molecule has 0 fully saturated rings. The first-order chi connectivity index (χ1) is 1.73. The van der Waals surface area contributed by atoms with E-state index in [0.717, 1.165) is 0 Å². The number of hydrogen-bond acceptors (Lipinski definition) is 3. The van der Waals surface area contributed by atoms with Gasteiger partial charge in [-0.15, -0.1) is 0 Å². The zero-order valence-electron chi connectivity index (χ0n) is 2.55. The summed E-state index contributed by atoms with van der Waals surface area (Å²) in [5.41, 5.74) is 0. The van der Waals surface area contributed by atoms with Gasteiger partial charge in [-0.3, -0.25) is 0 Å². The maximum absolute atomic E-state index is 8.25. The standard InChI is InChI=1S/Ce.ClH.NO3/c;;2-1(3)4/h;1H;/q;;-1/p-1. The largest absolute Gasteiger partial charge is 1.00 e. The normalized spacial score (nSPS) is 4.00. The van der Waals surface area contributed by atoms with E-state index in [0.29, 0.717) is 0 Å². The molecule has 0 aliphatic carbocycles. The van der Waals surface area contributed by atoms with Gasteiger partial charge in [-0.05, 0) is 0 Å².